The van der Waals surface area contributed by atoms with Crippen LogP contribution in [0.25, 0.3) is 0 Å². The SMILES string of the molecule is CCc1ccc(Nc2cc(Nc3cccc(F)c3)ncn2)cc1. The smallest absolute Gasteiger partial charge is 0.135 e. The van der Waals surface area contributed by atoms with Gasteiger partial charge in [0.25, 0.3) is 0 Å². The van der Waals surface area contributed by atoms with Crippen molar-refractivity contribution in [3.05, 3.63) is 72.3 Å². The summed E-state index contributed by atoms with van der Waals surface area (Å²) in [5.74, 6) is 0.972. The first-order valence-electron chi connectivity index (χ1n) is 7.43. The van der Waals surface area contributed by atoms with E-state index >= 15 is 0 Å². The third-order valence-electron chi connectivity index (χ3n) is 3.40. The molecule has 0 aliphatic heterocycles. The monoisotopic (exact) mass is 308 g/mol. The third-order valence-corrected chi connectivity index (χ3v) is 3.40. The van der Waals surface area contributed by atoms with Gasteiger partial charge in [-0.3, -0.25) is 0 Å². The van der Waals surface area contributed by atoms with Gasteiger partial charge >= 0.3 is 0 Å². The molecule has 1 aromatic heterocycles. The maximum atomic E-state index is 13.2. The largest absolute Gasteiger partial charge is 0.340 e. The van der Waals surface area contributed by atoms with E-state index in [2.05, 4.69) is 39.7 Å². The van der Waals surface area contributed by atoms with Crippen LogP contribution in [0.15, 0.2) is 60.9 Å². The number of nitrogens with one attached hydrogen (secondary N) is 2. The minimum absolute atomic E-state index is 0.293. The highest BCUT2D eigenvalue weighted by molar-refractivity contribution is 5.62. The maximum Gasteiger partial charge on any atom is 0.135 e. The lowest BCUT2D eigenvalue weighted by Gasteiger charge is -2.09. The van der Waals surface area contributed by atoms with Crippen LogP contribution in [0.5, 0.6) is 0 Å². The lowest BCUT2D eigenvalue weighted by atomic mass is 10.1. The molecule has 0 aliphatic rings. The van der Waals surface area contributed by atoms with Gasteiger partial charge in [0.15, 0.2) is 0 Å². The molecule has 3 rings (SSSR count). The third kappa shape index (κ3) is 4.03. The van der Waals surface area contributed by atoms with E-state index in [1.165, 1.54) is 24.0 Å². The Morgan fingerprint density at radius 3 is 2.22 bits per heavy atom. The number of halogens is 1. The van der Waals surface area contributed by atoms with Crippen molar-refractivity contribution in [2.45, 2.75) is 13.3 Å². The molecule has 0 radical (unpaired) electrons. The summed E-state index contributed by atoms with van der Waals surface area (Å²) in [6.45, 7) is 2.12. The molecule has 0 unspecified atom stereocenters. The molecule has 0 atom stereocenters. The molecule has 23 heavy (non-hydrogen) atoms. The van der Waals surface area contributed by atoms with Crippen molar-refractivity contribution in [3.8, 4) is 0 Å². The second-order valence-corrected chi connectivity index (χ2v) is 5.10. The Hall–Kier alpha value is -2.95. The van der Waals surface area contributed by atoms with Crippen LogP contribution in [-0.2, 0) is 6.42 Å². The van der Waals surface area contributed by atoms with Crippen LogP contribution in [0.1, 0.15) is 12.5 Å². The zero-order valence-electron chi connectivity index (χ0n) is 12.8. The van der Waals surface area contributed by atoms with Crippen LogP contribution < -0.4 is 10.6 Å². The summed E-state index contributed by atoms with van der Waals surface area (Å²) >= 11 is 0. The predicted molar refractivity (Wildman–Crippen MR) is 90.8 cm³/mol. The van der Waals surface area contributed by atoms with Crippen molar-refractivity contribution in [1.82, 2.24) is 9.97 Å². The van der Waals surface area contributed by atoms with Crippen LogP contribution >= 0.6 is 0 Å². The van der Waals surface area contributed by atoms with Gasteiger partial charge in [0.2, 0.25) is 0 Å². The van der Waals surface area contributed by atoms with Gasteiger partial charge in [-0.1, -0.05) is 25.1 Å². The molecule has 0 spiro atoms. The fourth-order valence-electron chi connectivity index (χ4n) is 2.18. The summed E-state index contributed by atoms with van der Waals surface area (Å²) in [5.41, 5.74) is 2.88. The highest BCUT2D eigenvalue weighted by Gasteiger charge is 2.01. The highest BCUT2D eigenvalue weighted by atomic mass is 19.1. The van der Waals surface area contributed by atoms with E-state index in [1.807, 2.05) is 12.1 Å². The Kier molecular flexibility index (Phi) is 4.47. The van der Waals surface area contributed by atoms with Crippen molar-refractivity contribution in [3.63, 3.8) is 0 Å². The maximum absolute atomic E-state index is 13.2. The van der Waals surface area contributed by atoms with Gasteiger partial charge < -0.3 is 10.6 Å². The Labute approximate surface area is 134 Å². The number of benzene rings is 2. The molecule has 1 heterocycles. The molecule has 0 fully saturated rings. The van der Waals surface area contributed by atoms with Crippen LogP contribution in [0.2, 0.25) is 0 Å². The van der Waals surface area contributed by atoms with Crippen LogP contribution in [-0.4, -0.2) is 9.97 Å². The van der Waals surface area contributed by atoms with Gasteiger partial charge in [0, 0.05) is 17.4 Å². The van der Waals surface area contributed by atoms with Gasteiger partial charge in [0.1, 0.15) is 23.8 Å². The summed E-state index contributed by atoms with van der Waals surface area (Å²) < 4.78 is 13.2. The van der Waals surface area contributed by atoms with Gasteiger partial charge in [-0.05, 0) is 42.3 Å². The normalized spacial score (nSPS) is 10.3. The zero-order valence-corrected chi connectivity index (χ0v) is 12.8. The second kappa shape index (κ2) is 6.87. The average Bonchev–Trinajstić information content (AvgIpc) is 2.56. The number of aromatic nitrogens is 2. The second-order valence-electron chi connectivity index (χ2n) is 5.10. The minimum Gasteiger partial charge on any atom is -0.340 e. The summed E-state index contributed by atoms with van der Waals surface area (Å²) in [6.07, 6.45) is 2.47. The van der Waals surface area contributed by atoms with Crippen LogP contribution in [0.3, 0.4) is 0 Å². The van der Waals surface area contributed by atoms with Crippen molar-refractivity contribution in [2.75, 3.05) is 10.6 Å². The topological polar surface area (TPSA) is 49.8 Å². The van der Waals surface area contributed by atoms with Crippen molar-refractivity contribution in [2.24, 2.45) is 0 Å². The Balaban J connectivity index is 1.74. The van der Waals surface area contributed by atoms with Crippen LogP contribution in [0.4, 0.5) is 27.4 Å². The molecule has 116 valence electrons. The van der Waals surface area contributed by atoms with Gasteiger partial charge in [-0.2, -0.15) is 0 Å². The molecular formula is C18H17FN4. The molecule has 3 aromatic rings. The summed E-state index contributed by atoms with van der Waals surface area (Å²) in [7, 11) is 0. The minimum atomic E-state index is -0.293. The first-order valence-corrected chi connectivity index (χ1v) is 7.43. The van der Waals surface area contributed by atoms with E-state index in [0.29, 0.717) is 17.3 Å². The van der Waals surface area contributed by atoms with E-state index in [4.69, 9.17) is 0 Å². The Morgan fingerprint density at radius 1 is 0.870 bits per heavy atom. The van der Waals surface area contributed by atoms with E-state index < -0.39 is 0 Å². The number of aryl methyl sites for hydroxylation is 1. The van der Waals surface area contributed by atoms with Gasteiger partial charge in [0.05, 0.1) is 0 Å². The molecule has 4 nitrogen and oxygen atoms in total. The molecule has 0 aliphatic carbocycles. The number of nitrogens with zero attached hydrogens (tertiary/aromatic N) is 2. The van der Waals surface area contributed by atoms with E-state index in [9.17, 15) is 4.39 Å². The lowest BCUT2D eigenvalue weighted by molar-refractivity contribution is 0.628. The number of rotatable bonds is 5. The first-order chi connectivity index (χ1) is 11.2. The number of hydrogen-bond donors (Lipinski definition) is 2. The average molecular weight is 308 g/mol. The molecule has 0 saturated heterocycles. The summed E-state index contributed by atoms with van der Waals surface area (Å²) in [5, 5.41) is 6.29. The van der Waals surface area contributed by atoms with Crippen molar-refractivity contribution in [1.29, 1.82) is 0 Å². The molecule has 0 bridgehead atoms. The first kappa shape index (κ1) is 15.0. The van der Waals surface area contributed by atoms with Crippen LogP contribution in [0, 0.1) is 5.82 Å². The van der Waals surface area contributed by atoms with Gasteiger partial charge in [-0.25, -0.2) is 14.4 Å². The van der Waals surface area contributed by atoms with E-state index in [1.54, 1.807) is 18.2 Å². The summed E-state index contributed by atoms with van der Waals surface area (Å²) in [4.78, 5) is 8.35. The Bertz CT molecular complexity index is 787. The quantitative estimate of drug-likeness (QED) is 0.719. The van der Waals surface area contributed by atoms with E-state index in [0.717, 1.165) is 12.1 Å². The van der Waals surface area contributed by atoms with Crippen molar-refractivity contribution < 1.29 is 4.39 Å². The molecule has 0 amide bonds. The molecule has 2 aromatic carbocycles. The lowest BCUT2D eigenvalue weighted by Crippen LogP contribution is -1.98. The fraction of sp³-hybridized carbons (Fsp3) is 0.111. The predicted octanol–water partition coefficient (Wildman–Crippen LogP) is 4.67. The standard InChI is InChI=1S/C18H17FN4/c1-2-13-6-8-15(9-7-13)22-17-11-18(21-12-20-17)23-16-5-3-4-14(19)10-16/h3-12H,2H2,1H3,(H2,20,21,22,23). The molecule has 2 N–H and O–H groups in total. The van der Waals surface area contributed by atoms with E-state index in [-0.39, 0.29) is 5.82 Å². The van der Waals surface area contributed by atoms with Gasteiger partial charge in [-0.15, -0.1) is 0 Å². The number of anilines is 4. The zero-order chi connectivity index (χ0) is 16.1. The fourth-order valence-corrected chi connectivity index (χ4v) is 2.18. The molecular weight excluding hydrogens is 291 g/mol. The molecule has 0 saturated carbocycles. The summed E-state index contributed by atoms with van der Waals surface area (Å²) in [6, 6.07) is 16.2. The van der Waals surface area contributed by atoms with Crippen molar-refractivity contribution >= 4 is 23.0 Å². The Morgan fingerprint density at radius 2 is 1.57 bits per heavy atom. The molecule has 5 heteroatoms. The highest BCUT2D eigenvalue weighted by Crippen LogP contribution is 2.20. The number of hydrogen-bond acceptors (Lipinski definition) is 4.